The van der Waals surface area contributed by atoms with Gasteiger partial charge < -0.3 is 0 Å². The lowest BCUT2D eigenvalue weighted by Crippen LogP contribution is -2.06. The van der Waals surface area contributed by atoms with E-state index >= 15 is 0 Å². The molecule has 16 heavy (non-hydrogen) atoms. The maximum atomic E-state index is 11.7. The van der Waals surface area contributed by atoms with E-state index in [0.717, 1.165) is 0 Å². The first kappa shape index (κ1) is 15.6. The van der Waals surface area contributed by atoms with Crippen molar-refractivity contribution >= 4 is 0 Å². The van der Waals surface area contributed by atoms with Gasteiger partial charge in [0.2, 0.25) is 0 Å². The average molecular weight is 250 g/mol. The van der Waals surface area contributed by atoms with Gasteiger partial charge in [0.1, 0.15) is 0 Å². The molecular formula is C10H16F6. The lowest BCUT2D eigenvalue weighted by molar-refractivity contribution is -0.137. The number of halogens is 6. The number of alkyl halides is 6. The van der Waals surface area contributed by atoms with Crippen LogP contribution in [0.1, 0.15) is 51.4 Å². The third kappa shape index (κ3) is 13.6. The molecule has 0 atom stereocenters. The topological polar surface area (TPSA) is 0 Å². The molecule has 0 bridgehead atoms. The Balaban J connectivity index is 3.17. The van der Waals surface area contributed by atoms with Crippen molar-refractivity contribution in [1.82, 2.24) is 0 Å². The Morgan fingerprint density at radius 3 is 0.938 bits per heavy atom. The molecule has 0 saturated carbocycles. The van der Waals surface area contributed by atoms with Crippen molar-refractivity contribution in [3.05, 3.63) is 0 Å². The van der Waals surface area contributed by atoms with Crippen LogP contribution in [0.5, 0.6) is 0 Å². The lowest BCUT2D eigenvalue weighted by Gasteiger charge is -2.06. The summed E-state index contributed by atoms with van der Waals surface area (Å²) in [5, 5.41) is 0. The average Bonchev–Trinajstić information content (AvgIpc) is 2.06. The van der Waals surface area contributed by atoms with Gasteiger partial charge in [-0.1, -0.05) is 25.7 Å². The summed E-state index contributed by atoms with van der Waals surface area (Å²) in [6.07, 6.45) is -7.65. The maximum absolute atomic E-state index is 11.7. The number of rotatable bonds is 7. The van der Waals surface area contributed by atoms with Gasteiger partial charge in [0.15, 0.2) is 0 Å². The van der Waals surface area contributed by atoms with E-state index in [-0.39, 0.29) is 12.8 Å². The molecule has 6 heteroatoms. The zero-order valence-electron chi connectivity index (χ0n) is 8.92. The zero-order valence-corrected chi connectivity index (χ0v) is 8.92. The zero-order chi connectivity index (χ0) is 12.7. The fraction of sp³-hybridized carbons (Fsp3) is 1.00. The van der Waals surface area contributed by atoms with Gasteiger partial charge in [0.25, 0.3) is 0 Å². The van der Waals surface area contributed by atoms with Crippen LogP contribution in [0.15, 0.2) is 0 Å². The molecule has 0 fully saturated rings. The van der Waals surface area contributed by atoms with Crippen molar-refractivity contribution in [2.75, 3.05) is 0 Å². The van der Waals surface area contributed by atoms with E-state index in [1.807, 2.05) is 0 Å². The SMILES string of the molecule is FC(F)(F)CCCCCCCCC(F)(F)F. The predicted octanol–water partition coefficient (Wildman–Crippen LogP) is 5.23. The summed E-state index contributed by atoms with van der Waals surface area (Å²) in [6.45, 7) is 0. The van der Waals surface area contributed by atoms with Crippen LogP contribution < -0.4 is 0 Å². The highest BCUT2D eigenvalue weighted by Gasteiger charge is 2.26. The Morgan fingerprint density at radius 2 is 0.688 bits per heavy atom. The Hall–Kier alpha value is -0.420. The van der Waals surface area contributed by atoms with Gasteiger partial charge in [-0.2, -0.15) is 26.3 Å². The molecule has 0 aromatic rings. The minimum absolute atomic E-state index is 0.0722. The van der Waals surface area contributed by atoms with Crippen molar-refractivity contribution in [2.24, 2.45) is 0 Å². The van der Waals surface area contributed by atoms with Crippen molar-refractivity contribution in [3.8, 4) is 0 Å². The minimum Gasteiger partial charge on any atom is -0.171 e. The Labute approximate surface area is 91.0 Å². The minimum atomic E-state index is -4.11. The fourth-order valence-corrected chi connectivity index (χ4v) is 1.36. The van der Waals surface area contributed by atoms with Gasteiger partial charge in [-0.05, 0) is 12.8 Å². The molecule has 0 nitrogen and oxygen atoms in total. The standard InChI is InChI=1S/C10H16F6/c11-9(12,13)7-5-3-1-2-4-6-8-10(14,15)16/h1-8H2. The highest BCUT2D eigenvalue weighted by atomic mass is 19.4. The van der Waals surface area contributed by atoms with Crippen LogP contribution >= 0.6 is 0 Å². The molecule has 0 N–H and O–H groups in total. The fourth-order valence-electron chi connectivity index (χ4n) is 1.36. The summed E-state index contributed by atoms with van der Waals surface area (Å²) in [5.41, 5.74) is 0. The molecule has 0 aromatic heterocycles. The van der Waals surface area contributed by atoms with E-state index in [1.165, 1.54) is 0 Å². The normalized spacial score (nSPS) is 13.1. The Morgan fingerprint density at radius 1 is 0.438 bits per heavy atom. The van der Waals surface area contributed by atoms with Gasteiger partial charge in [0.05, 0.1) is 0 Å². The Bertz CT molecular complexity index is 149. The van der Waals surface area contributed by atoms with Crippen LogP contribution in [0.4, 0.5) is 26.3 Å². The third-order valence-electron chi connectivity index (χ3n) is 2.17. The van der Waals surface area contributed by atoms with Gasteiger partial charge in [0, 0.05) is 12.8 Å². The molecule has 0 aromatic carbocycles. The highest BCUT2D eigenvalue weighted by Crippen LogP contribution is 2.24. The second-order valence-corrected chi connectivity index (χ2v) is 3.85. The van der Waals surface area contributed by atoms with Crippen molar-refractivity contribution < 1.29 is 26.3 Å². The summed E-state index contributed by atoms with van der Waals surface area (Å²) in [7, 11) is 0. The monoisotopic (exact) mass is 250 g/mol. The summed E-state index contributed by atoms with van der Waals surface area (Å²) in [5.74, 6) is 0. The summed E-state index contributed by atoms with van der Waals surface area (Å²) in [6, 6.07) is 0. The molecule has 0 aliphatic heterocycles. The van der Waals surface area contributed by atoms with Gasteiger partial charge >= 0.3 is 12.4 Å². The molecule has 0 radical (unpaired) electrons. The van der Waals surface area contributed by atoms with E-state index in [1.54, 1.807) is 0 Å². The van der Waals surface area contributed by atoms with E-state index in [4.69, 9.17) is 0 Å². The molecule has 0 saturated heterocycles. The van der Waals surface area contributed by atoms with Crippen LogP contribution in [-0.2, 0) is 0 Å². The van der Waals surface area contributed by atoms with Crippen LogP contribution in [0.3, 0.4) is 0 Å². The quantitative estimate of drug-likeness (QED) is 0.428. The Kier molecular flexibility index (Phi) is 6.83. The van der Waals surface area contributed by atoms with Crippen LogP contribution in [-0.4, -0.2) is 12.4 Å². The molecule has 98 valence electrons. The second kappa shape index (κ2) is 7.01. The second-order valence-electron chi connectivity index (χ2n) is 3.85. The van der Waals surface area contributed by atoms with Gasteiger partial charge in [-0.3, -0.25) is 0 Å². The van der Waals surface area contributed by atoms with Crippen molar-refractivity contribution in [3.63, 3.8) is 0 Å². The predicted molar refractivity (Wildman–Crippen MR) is 49.0 cm³/mol. The molecular weight excluding hydrogens is 234 g/mol. The molecule has 0 rings (SSSR count). The molecule has 0 aliphatic rings. The first-order valence-corrected chi connectivity index (χ1v) is 5.34. The van der Waals surface area contributed by atoms with Crippen molar-refractivity contribution in [2.45, 2.75) is 63.7 Å². The first-order chi connectivity index (χ1) is 7.21. The first-order valence-electron chi connectivity index (χ1n) is 5.34. The van der Waals surface area contributed by atoms with Gasteiger partial charge in [-0.25, -0.2) is 0 Å². The van der Waals surface area contributed by atoms with Gasteiger partial charge in [-0.15, -0.1) is 0 Å². The molecule has 0 unspecified atom stereocenters. The van der Waals surface area contributed by atoms with E-state index in [9.17, 15) is 26.3 Å². The van der Waals surface area contributed by atoms with Crippen LogP contribution in [0, 0.1) is 0 Å². The van der Waals surface area contributed by atoms with Crippen LogP contribution in [0.2, 0.25) is 0 Å². The summed E-state index contributed by atoms with van der Waals surface area (Å²) >= 11 is 0. The van der Waals surface area contributed by atoms with E-state index in [2.05, 4.69) is 0 Å². The smallest absolute Gasteiger partial charge is 0.171 e. The summed E-state index contributed by atoms with van der Waals surface area (Å²) in [4.78, 5) is 0. The highest BCUT2D eigenvalue weighted by molar-refractivity contribution is 4.54. The summed E-state index contributed by atoms with van der Waals surface area (Å²) < 4.78 is 70.2. The third-order valence-corrected chi connectivity index (χ3v) is 2.17. The van der Waals surface area contributed by atoms with E-state index < -0.39 is 25.2 Å². The largest absolute Gasteiger partial charge is 0.389 e. The number of unbranched alkanes of at least 4 members (excludes halogenated alkanes) is 5. The molecule has 0 aliphatic carbocycles. The molecule has 0 heterocycles. The number of hydrogen-bond donors (Lipinski definition) is 0. The van der Waals surface area contributed by atoms with Crippen molar-refractivity contribution in [1.29, 1.82) is 0 Å². The maximum Gasteiger partial charge on any atom is 0.389 e. The van der Waals surface area contributed by atoms with E-state index in [0.29, 0.717) is 25.7 Å². The molecule has 0 spiro atoms. The molecule has 0 amide bonds. The van der Waals surface area contributed by atoms with Crippen LogP contribution in [0.25, 0.3) is 0 Å². The lowest BCUT2D eigenvalue weighted by atomic mass is 10.1. The number of hydrogen-bond acceptors (Lipinski definition) is 0.